The molecule has 1 aromatic rings. The third-order valence-electron chi connectivity index (χ3n) is 3.17. The maximum atomic E-state index is 13.0. The summed E-state index contributed by atoms with van der Waals surface area (Å²) in [4.78, 5) is 14.0. The Morgan fingerprint density at radius 3 is 2.50 bits per heavy atom. The molecule has 1 aromatic carbocycles. The maximum absolute atomic E-state index is 13.0. The van der Waals surface area contributed by atoms with Crippen LogP contribution >= 0.6 is 0 Å². The third kappa shape index (κ3) is 4.54. The number of carbonyl (C=O) groups excluding carboxylic acids is 1. The van der Waals surface area contributed by atoms with Crippen LogP contribution < -0.4 is 5.32 Å². The van der Waals surface area contributed by atoms with Gasteiger partial charge in [0.25, 0.3) is 5.91 Å². The van der Waals surface area contributed by atoms with Crippen molar-refractivity contribution < 1.29 is 18.3 Å². The van der Waals surface area contributed by atoms with E-state index in [1.54, 1.807) is 0 Å². The second-order valence-electron chi connectivity index (χ2n) is 4.72. The van der Waals surface area contributed by atoms with Gasteiger partial charge in [-0.1, -0.05) is 0 Å². The molecule has 1 N–H and O–H groups in total. The fourth-order valence-electron chi connectivity index (χ4n) is 2.12. The Morgan fingerprint density at radius 1 is 1.20 bits per heavy atom. The number of morpholine rings is 1. The van der Waals surface area contributed by atoms with Crippen LogP contribution in [0.25, 0.3) is 0 Å². The van der Waals surface area contributed by atoms with Gasteiger partial charge in [-0.25, -0.2) is 8.78 Å². The van der Waals surface area contributed by atoms with Crippen molar-refractivity contribution in [1.82, 2.24) is 10.2 Å². The molecule has 0 aromatic heterocycles. The van der Waals surface area contributed by atoms with E-state index in [9.17, 15) is 13.6 Å². The number of amides is 1. The molecule has 0 bridgehead atoms. The van der Waals surface area contributed by atoms with E-state index in [4.69, 9.17) is 4.74 Å². The van der Waals surface area contributed by atoms with Crippen LogP contribution in [-0.4, -0.2) is 50.2 Å². The second-order valence-corrected chi connectivity index (χ2v) is 4.72. The molecule has 0 aliphatic carbocycles. The molecular weight excluding hydrogens is 266 g/mol. The summed E-state index contributed by atoms with van der Waals surface area (Å²) in [5.41, 5.74) is 0.00822. The van der Waals surface area contributed by atoms with Gasteiger partial charge >= 0.3 is 0 Å². The van der Waals surface area contributed by atoms with E-state index >= 15 is 0 Å². The van der Waals surface area contributed by atoms with Crippen molar-refractivity contribution in [3.05, 3.63) is 35.4 Å². The molecule has 1 heterocycles. The zero-order valence-corrected chi connectivity index (χ0v) is 11.2. The van der Waals surface area contributed by atoms with Gasteiger partial charge < -0.3 is 10.1 Å². The number of hydrogen-bond acceptors (Lipinski definition) is 3. The van der Waals surface area contributed by atoms with Crippen molar-refractivity contribution in [3.63, 3.8) is 0 Å². The third-order valence-corrected chi connectivity index (χ3v) is 3.17. The largest absolute Gasteiger partial charge is 0.379 e. The van der Waals surface area contributed by atoms with Crippen LogP contribution in [0.15, 0.2) is 18.2 Å². The van der Waals surface area contributed by atoms with Crippen LogP contribution in [0.1, 0.15) is 16.8 Å². The zero-order chi connectivity index (χ0) is 14.4. The first-order chi connectivity index (χ1) is 9.65. The van der Waals surface area contributed by atoms with Crippen LogP contribution in [0.5, 0.6) is 0 Å². The summed E-state index contributed by atoms with van der Waals surface area (Å²) in [6.07, 6.45) is 0.795. The van der Waals surface area contributed by atoms with E-state index < -0.39 is 17.5 Å². The number of halogens is 2. The maximum Gasteiger partial charge on any atom is 0.251 e. The fraction of sp³-hybridized carbons (Fsp3) is 0.500. The Morgan fingerprint density at radius 2 is 1.85 bits per heavy atom. The normalized spacial score (nSPS) is 16.1. The van der Waals surface area contributed by atoms with Crippen LogP contribution in [0.4, 0.5) is 8.78 Å². The smallest absolute Gasteiger partial charge is 0.251 e. The predicted octanol–water partition coefficient (Wildman–Crippen LogP) is 1.42. The molecule has 2 rings (SSSR count). The minimum Gasteiger partial charge on any atom is -0.379 e. The minimum atomic E-state index is -0.747. The summed E-state index contributed by atoms with van der Waals surface area (Å²) in [7, 11) is 0. The topological polar surface area (TPSA) is 41.6 Å². The zero-order valence-electron chi connectivity index (χ0n) is 11.2. The molecule has 0 spiro atoms. The fourth-order valence-corrected chi connectivity index (χ4v) is 2.12. The molecule has 6 heteroatoms. The van der Waals surface area contributed by atoms with Gasteiger partial charge in [-0.05, 0) is 25.1 Å². The molecule has 1 amide bonds. The lowest BCUT2D eigenvalue weighted by Gasteiger charge is -2.26. The lowest BCUT2D eigenvalue weighted by molar-refractivity contribution is 0.0374. The highest BCUT2D eigenvalue weighted by atomic mass is 19.1. The Hall–Kier alpha value is -1.53. The average Bonchev–Trinajstić information content (AvgIpc) is 2.43. The molecule has 4 nitrogen and oxygen atoms in total. The molecule has 0 atom stereocenters. The Kier molecular flexibility index (Phi) is 5.43. The van der Waals surface area contributed by atoms with Gasteiger partial charge in [0.15, 0.2) is 0 Å². The SMILES string of the molecule is O=C(NCCCN1CCOCC1)c1cc(F)cc(F)c1. The van der Waals surface area contributed by atoms with E-state index in [2.05, 4.69) is 10.2 Å². The van der Waals surface area contributed by atoms with Crippen molar-refractivity contribution in [3.8, 4) is 0 Å². The van der Waals surface area contributed by atoms with Crippen LogP contribution in [0, 0.1) is 11.6 Å². The minimum absolute atomic E-state index is 0.00822. The van der Waals surface area contributed by atoms with E-state index in [0.29, 0.717) is 6.54 Å². The number of nitrogens with zero attached hydrogens (tertiary/aromatic N) is 1. The summed E-state index contributed by atoms with van der Waals surface area (Å²) in [5.74, 6) is -1.95. The number of carbonyl (C=O) groups is 1. The predicted molar refractivity (Wildman–Crippen MR) is 70.6 cm³/mol. The van der Waals surface area contributed by atoms with Crippen LogP contribution in [-0.2, 0) is 4.74 Å². The summed E-state index contributed by atoms with van der Waals surface area (Å²) >= 11 is 0. The summed E-state index contributed by atoms with van der Waals surface area (Å²) in [6.45, 7) is 4.66. The first kappa shape index (κ1) is 14.9. The number of ether oxygens (including phenoxy) is 1. The van der Waals surface area contributed by atoms with Gasteiger partial charge in [-0.15, -0.1) is 0 Å². The lowest BCUT2D eigenvalue weighted by Crippen LogP contribution is -2.38. The standard InChI is InChI=1S/C14H18F2N2O2/c15-12-8-11(9-13(16)10-12)14(19)17-2-1-3-18-4-6-20-7-5-18/h8-10H,1-7H2,(H,17,19). The highest BCUT2D eigenvalue weighted by molar-refractivity contribution is 5.94. The average molecular weight is 284 g/mol. The molecular formula is C14H18F2N2O2. The highest BCUT2D eigenvalue weighted by Crippen LogP contribution is 2.07. The molecule has 110 valence electrons. The molecule has 1 fully saturated rings. The van der Waals surface area contributed by atoms with E-state index in [1.807, 2.05) is 0 Å². The molecule has 0 saturated carbocycles. The van der Waals surface area contributed by atoms with Gasteiger partial charge in [0, 0.05) is 31.3 Å². The van der Waals surface area contributed by atoms with Crippen molar-refractivity contribution in [2.75, 3.05) is 39.4 Å². The van der Waals surface area contributed by atoms with Gasteiger partial charge in [-0.2, -0.15) is 0 Å². The molecule has 1 aliphatic heterocycles. The quantitative estimate of drug-likeness (QED) is 0.831. The van der Waals surface area contributed by atoms with Crippen molar-refractivity contribution in [2.45, 2.75) is 6.42 Å². The van der Waals surface area contributed by atoms with Gasteiger partial charge in [0.2, 0.25) is 0 Å². The molecule has 0 unspecified atom stereocenters. The summed E-state index contributed by atoms with van der Waals surface area (Å²) in [6, 6.07) is 2.80. The summed E-state index contributed by atoms with van der Waals surface area (Å²) < 4.78 is 31.2. The van der Waals surface area contributed by atoms with Gasteiger partial charge in [-0.3, -0.25) is 9.69 Å². The number of rotatable bonds is 5. The van der Waals surface area contributed by atoms with E-state index in [1.165, 1.54) is 0 Å². The first-order valence-electron chi connectivity index (χ1n) is 6.69. The summed E-state index contributed by atoms with van der Waals surface area (Å²) in [5, 5.41) is 2.66. The second kappa shape index (κ2) is 7.31. The van der Waals surface area contributed by atoms with Crippen molar-refractivity contribution >= 4 is 5.91 Å². The van der Waals surface area contributed by atoms with Crippen LogP contribution in [0.3, 0.4) is 0 Å². The Bertz CT molecular complexity index is 442. The Labute approximate surface area is 116 Å². The van der Waals surface area contributed by atoms with Crippen molar-refractivity contribution in [1.29, 1.82) is 0 Å². The molecule has 20 heavy (non-hydrogen) atoms. The van der Waals surface area contributed by atoms with Gasteiger partial charge in [0.1, 0.15) is 11.6 Å². The van der Waals surface area contributed by atoms with Crippen LogP contribution in [0.2, 0.25) is 0 Å². The molecule has 1 aliphatic rings. The molecule has 0 radical (unpaired) electrons. The number of nitrogens with one attached hydrogen (secondary N) is 1. The number of hydrogen-bond donors (Lipinski definition) is 1. The first-order valence-corrected chi connectivity index (χ1v) is 6.69. The number of benzene rings is 1. The van der Waals surface area contributed by atoms with Gasteiger partial charge in [0.05, 0.1) is 13.2 Å². The monoisotopic (exact) mass is 284 g/mol. The van der Waals surface area contributed by atoms with E-state index in [-0.39, 0.29) is 5.56 Å². The lowest BCUT2D eigenvalue weighted by atomic mass is 10.2. The Balaban J connectivity index is 1.71. The van der Waals surface area contributed by atoms with E-state index in [0.717, 1.165) is 57.5 Å². The highest BCUT2D eigenvalue weighted by Gasteiger charge is 2.11. The molecule has 1 saturated heterocycles. The van der Waals surface area contributed by atoms with Crippen molar-refractivity contribution in [2.24, 2.45) is 0 Å².